The van der Waals surface area contributed by atoms with Gasteiger partial charge in [0.15, 0.2) is 5.82 Å². The molecule has 0 saturated heterocycles. The molecule has 0 unspecified atom stereocenters. The largest absolute Gasteiger partial charge is 0.309 e. The van der Waals surface area contributed by atoms with Gasteiger partial charge in [0.25, 0.3) is 5.56 Å². The highest BCUT2D eigenvalue weighted by Crippen LogP contribution is 2.06. The van der Waals surface area contributed by atoms with Gasteiger partial charge in [-0.15, -0.1) is 0 Å². The molecule has 0 bridgehead atoms. The Morgan fingerprint density at radius 1 is 1.36 bits per heavy atom. The summed E-state index contributed by atoms with van der Waals surface area (Å²) in [7, 11) is 0. The number of nitrogens with zero attached hydrogens (tertiary/aromatic N) is 3. The van der Waals surface area contributed by atoms with Crippen LogP contribution in [0.25, 0.3) is 10.9 Å². The fraction of sp³-hybridized carbons (Fsp3) is 0.200. The lowest BCUT2D eigenvalue weighted by Crippen LogP contribution is -2.23. The minimum Gasteiger partial charge on any atom is -0.309 e. The van der Waals surface area contributed by atoms with Crippen LogP contribution >= 0.6 is 0 Å². The average molecular weight is 297 g/mol. The van der Waals surface area contributed by atoms with Crippen molar-refractivity contribution in [2.24, 2.45) is 0 Å². The third-order valence-electron chi connectivity index (χ3n) is 3.28. The predicted molar refractivity (Wildman–Crippen MR) is 82.6 cm³/mol. The van der Waals surface area contributed by atoms with E-state index in [1.165, 1.54) is 10.9 Å². The molecule has 0 fully saturated rings. The maximum absolute atomic E-state index is 12.3. The van der Waals surface area contributed by atoms with E-state index in [1.54, 1.807) is 24.3 Å². The minimum absolute atomic E-state index is 0.144. The number of amides is 1. The number of aromatic amines is 1. The number of aromatic nitrogens is 4. The molecule has 0 atom stereocenters. The Kier molecular flexibility index (Phi) is 3.69. The summed E-state index contributed by atoms with van der Waals surface area (Å²) >= 11 is 0. The van der Waals surface area contributed by atoms with Crippen LogP contribution in [-0.2, 0) is 11.3 Å². The van der Waals surface area contributed by atoms with Crippen molar-refractivity contribution in [1.29, 1.82) is 0 Å². The summed E-state index contributed by atoms with van der Waals surface area (Å²) < 4.78 is 1.44. The van der Waals surface area contributed by atoms with E-state index in [0.29, 0.717) is 16.7 Å². The normalized spacial score (nSPS) is 10.8. The van der Waals surface area contributed by atoms with Crippen molar-refractivity contribution in [3.63, 3.8) is 0 Å². The summed E-state index contributed by atoms with van der Waals surface area (Å²) in [5.41, 5.74) is 1.37. The zero-order chi connectivity index (χ0) is 15.5. The molecule has 112 valence electrons. The van der Waals surface area contributed by atoms with Gasteiger partial charge in [-0.3, -0.25) is 19.3 Å². The van der Waals surface area contributed by atoms with E-state index in [-0.39, 0.29) is 24.4 Å². The van der Waals surface area contributed by atoms with Gasteiger partial charge in [-0.1, -0.05) is 12.1 Å². The zero-order valence-corrected chi connectivity index (χ0v) is 12.0. The van der Waals surface area contributed by atoms with Crippen LogP contribution in [0.4, 0.5) is 5.82 Å². The van der Waals surface area contributed by atoms with Gasteiger partial charge in [0, 0.05) is 24.7 Å². The fourth-order valence-corrected chi connectivity index (χ4v) is 2.17. The fourth-order valence-electron chi connectivity index (χ4n) is 2.17. The molecule has 2 N–H and O–H groups in total. The summed E-state index contributed by atoms with van der Waals surface area (Å²) in [5.74, 6) is 0.276. The van der Waals surface area contributed by atoms with Crippen LogP contribution < -0.4 is 10.9 Å². The molecule has 1 amide bonds. The molecule has 7 heteroatoms. The van der Waals surface area contributed by atoms with E-state index >= 15 is 0 Å². The molecule has 1 aromatic carbocycles. The van der Waals surface area contributed by atoms with Gasteiger partial charge >= 0.3 is 0 Å². The first-order valence-electron chi connectivity index (χ1n) is 6.89. The first-order chi connectivity index (χ1) is 10.6. The Morgan fingerprint density at radius 2 is 2.18 bits per heavy atom. The third-order valence-corrected chi connectivity index (χ3v) is 3.28. The third kappa shape index (κ3) is 2.88. The lowest BCUT2D eigenvalue weighted by molar-refractivity contribution is -0.116. The number of fused-ring (bicyclic) bond motifs is 1. The van der Waals surface area contributed by atoms with Crippen molar-refractivity contribution in [3.8, 4) is 0 Å². The van der Waals surface area contributed by atoms with Gasteiger partial charge in [-0.2, -0.15) is 5.10 Å². The van der Waals surface area contributed by atoms with E-state index in [9.17, 15) is 9.59 Å². The molecule has 3 aromatic rings. The molecular weight excluding hydrogens is 282 g/mol. The van der Waals surface area contributed by atoms with Gasteiger partial charge in [-0.05, 0) is 19.1 Å². The van der Waals surface area contributed by atoms with Gasteiger partial charge in [0.05, 0.1) is 17.2 Å². The van der Waals surface area contributed by atoms with E-state index in [1.807, 2.05) is 13.0 Å². The lowest BCUT2D eigenvalue weighted by Gasteiger charge is -2.06. The Balaban J connectivity index is 1.70. The van der Waals surface area contributed by atoms with Crippen LogP contribution in [0, 0.1) is 6.92 Å². The Labute approximate surface area is 126 Å². The summed E-state index contributed by atoms with van der Waals surface area (Å²) in [4.78, 5) is 28.4. The van der Waals surface area contributed by atoms with Gasteiger partial charge in [-0.25, -0.2) is 4.98 Å². The molecule has 0 spiro atoms. The number of benzene rings is 1. The van der Waals surface area contributed by atoms with E-state index in [2.05, 4.69) is 20.5 Å². The van der Waals surface area contributed by atoms with Crippen molar-refractivity contribution in [2.45, 2.75) is 19.9 Å². The molecule has 0 aliphatic heterocycles. The van der Waals surface area contributed by atoms with Gasteiger partial charge < -0.3 is 5.32 Å². The molecule has 0 aliphatic rings. The summed E-state index contributed by atoms with van der Waals surface area (Å²) in [6, 6.07) is 8.88. The highest BCUT2D eigenvalue weighted by molar-refractivity contribution is 5.89. The van der Waals surface area contributed by atoms with Crippen LogP contribution in [0.15, 0.2) is 41.5 Å². The number of para-hydroxylation sites is 1. The molecule has 2 aromatic heterocycles. The predicted octanol–water partition coefficient (Wildman–Crippen LogP) is 1.46. The molecule has 22 heavy (non-hydrogen) atoms. The summed E-state index contributed by atoms with van der Waals surface area (Å²) in [5, 5.41) is 9.90. The van der Waals surface area contributed by atoms with Crippen molar-refractivity contribution >= 4 is 22.6 Å². The minimum atomic E-state index is -0.202. The molecule has 0 aliphatic carbocycles. The second-order valence-corrected chi connectivity index (χ2v) is 4.99. The Bertz CT molecular complexity index is 881. The second kappa shape index (κ2) is 5.80. The van der Waals surface area contributed by atoms with Crippen molar-refractivity contribution in [1.82, 2.24) is 19.7 Å². The number of carbonyl (C=O) groups is 1. The first-order valence-corrected chi connectivity index (χ1v) is 6.89. The standard InChI is InChI=1S/C15H15N5O2/c1-10-8-13(19-18-10)17-14(21)6-7-20-9-16-12-5-3-2-4-11(12)15(20)22/h2-5,8-9H,6-7H2,1H3,(H2,17,18,19,21). The zero-order valence-electron chi connectivity index (χ0n) is 12.0. The number of rotatable bonds is 4. The molecule has 7 nitrogen and oxygen atoms in total. The second-order valence-electron chi connectivity index (χ2n) is 4.99. The maximum atomic E-state index is 12.3. The SMILES string of the molecule is Cc1cc(NC(=O)CCn2cnc3ccccc3c2=O)n[nH]1. The molecular formula is C15H15N5O2. The lowest BCUT2D eigenvalue weighted by atomic mass is 10.2. The molecule has 0 saturated carbocycles. The topological polar surface area (TPSA) is 92.7 Å². The van der Waals surface area contributed by atoms with Crippen molar-refractivity contribution in [3.05, 3.63) is 52.7 Å². The number of carbonyl (C=O) groups excluding carboxylic acids is 1. The number of hydrogen-bond acceptors (Lipinski definition) is 4. The monoisotopic (exact) mass is 297 g/mol. The first kappa shape index (κ1) is 14.0. The van der Waals surface area contributed by atoms with Crippen molar-refractivity contribution < 1.29 is 4.79 Å². The summed E-state index contributed by atoms with van der Waals surface area (Å²) in [6.45, 7) is 2.12. The molecule has 0 radical (unpaired) electrons. The van der Waals surface area contributed by atoms with Crippen LogP contribution in [0.2, 0.25) is 0 Å². The van der Waals surface area contributed by atoms with Crippen molar-refractivity contribution in [2.75, 3.05) is 5.32 Å². The van der Waals surface area contributed by atoms with E-state index in [0.717, 1.165) is 5.69 Å². The number of hydrogen-bond donors (Lipinski definition) is 2. The number of anilines is 1. The Morgan fingerprint density at radius 3 is 2.95 bits per heavy atom. The maximum Gasteiger partial charge on any atom is 0.261 e. The van der Waals surface area contributed by atoms with E-state index < -0.39 is 0 Å². The quantitative estimate of drug-likeness (QED) is 0.762. The smallest absolute Gasteiger partial charge is 0.261 e. The van der Waals surface area contributed by atoms with Gasteiger partial charge in [0.1, 0.15) is 0 Å². The van der Waals surface area contributed by atoms with Crippen LogP contribution in [0.3, 0.4) is 0 Å². The van der Waals surface area contributed by atoms with Crippen LogP contribution in [0.1, 0.15) is 12.1 Å². The Hall–Kier alpha value is -2.96. The number of aryl methyl sites for hydroxylation is 2. The van der Waals surface area contributed by atoms with E-state index in [4.69, 9.17) is 0 Å². The highest BCUT2D eigenvalue weighted by Gasteiger charge is 2.07. The molecule has 3 rings (SSSR count). The highest BCUT2D eigenvalue weighted by atomic mass is 16.2. The molecule has 2 heterocycles. The summed E-state index contributed by atoms with van der Waals surface area (Å²) in [6.07, 6.45) is 1.64. The number of nitrogens with one attached hydrogen (secondary N) is 2. The average Bonchev–Trinajstić information content (AvgIpc) is 2.92. The number of H-pyrrole nitrogens is 1. The van der Waals surface area contributed by atoms with Gasteiger partial charge in [0.2, 0.25) is 5.91 Å². The van der Waals surface area contributed by atoms with Crippen LogP contribution in [0.5, 0.6) is 0 Å². The van der Waals surface area contributed by atoms with Crippen LogP contribution in [-0.4, -0.2) is 25.7 Å².